The van der Waals surface area contributed by atoms with Gasteiger partial charge in [0.15, 0.2) is 5.78 Å². The number of nitrogens with one attached hydrogen (secondary N) is 1. The van der Waals surface area contributed by atoms with Crippen molar-refractivity contribution in [3.05, 3.63) is 90.0 Å². The zero-order valence-corrected chi connectivity index (χ0v) is 18.0. The number of urea groups is 1. The fourth-order valence-electron chi connectivity index (χ4n) is 3.57. The van der Waals surface area contributed by atoms with Crippen molar-refractivity contribution in [3.8, 4) is 17.2 Å². The van der Waals surface area contributed by atoms with E-state index in [1.54, 1.807) is 36.4 Å². The van der Waals surface area contributed by atoms with E-state index in [2.05, 4.69) is 10.1 Å². The van der Waals surface area contributed by atoms with Gasteiger partial charge in [0.05, 0.1) is 6.54 Å². The molecule has 1 unspecified atom stereocenters. The topological polar surface area (TPSA) is 84.9 Å². The Morgan fingerprint density at radius 2 is 1.50 bits per heavy atom. The van der Waals surface area contributed by atoms with E-state index in [1.807, 2.05) is 18.2 Å². The molecule has 1 N–H and O–H groups in total. The summed E-state index contributed by atoms with van der Waals surface area (Å²) in [7, 11) is 0. The molecule has 0 saturated carbocycles. The fourth-order valence-corrected chi connectivity index (χ4v) is 3.57. The van der Waals surface area contributed by atoms with Gasteiger partial charge in [-0.1, -0.05) is 30.3 Å². The van der Waals surface area contributed by atoms with Crippen molar-refractivity contribution in [2.45, 2.75) is 19.1 Å². The summed E-state index contributed by atoms with van der Waals surface area (Å²) < 4.78 is 34.7. The first-order valence-electron chi connectivity index (χ1n) is 10.3. The summed E-state index contributed by atoms with van der Waals surface area (Å²) in [4.78, 5) is 39.1. The highest BCUT2D eigenvalue weighted by molar-refractivity contribution is 6.11. The quantitative estimate of drug-likeness (QED) is 0.383. The Labute approximate surface area is 193 Å². The molecule has 1 aliphatic rings. The number of para-hydroxylation sites is 1. The lowest BCUT2D eigenvalue weighted by atomic mass is 9.92. The van der Waals surface area contributed by atoms with Crippen LogP contribution in [0.25, 0.3) is 0 Å². The predicted molar refractivity (Wildman–Crippen MR) is 118 cm³/mol. The molecule has 0 aromatic heterocycles. The van der Waals surface area contributed by atoms with Gasteiger partial charge >= 0.3 is 12.6 Å². The lowest BCUT2D eigenvalue weighted by Gasteiger charge is -2.22. The van der Waals surface area contributed by atoms with Crippen molar-refractivity contribution >= 4 is 17.7 Å². The van der Waals surface area contributed by atoms with E-state index in [0.717, 1.165) is 4.90 Å². The Hall–Kier alpha value is -4.27. The minimum Gasteiger partial charge on any atom is -0.457 e. The number of ketones is 1. The number of hydrogen-bond donors (Lipinski definition) is 1. The number of halogens is 2. The number of ether oxygens (including phenoxy) is 2. The first kappa shape index (κ1) is 22.9. The molecule has 3 aromatic carbocycles. The third-order valence-corrected chi connectivity index (χ3v) is 5.39. The Bertz CT molecular complexity index is 1200. The van der Waals surface area contributed by atoms with Crippen molar-refractivity contribution in [1.82, 2.24) is 10.2 Å². The van der Waals surface area contributed by atoms with Crippen LogP contribution in [0.2, 0.25) is 0 Å². The number of carbonyl (C=O) groups is 3. The van der Waals surface area contributed by atoms with E-state index in [-0.39, 0.29) is 5.75 Å². The molecular formula is C25H20F2N2O5. The molecule has 7 nitrogen and oxygen atoms in total. The highest BCUT2D eigenvalue weighted by Gasteiger charge is 2.49. The number of alkyl halides is 2. The largest absolute Gasteiger partial charge is 0.457 e. The average Bonchev–Trinajstić information content (AvgIpc) is 3.04. The molecule has 0 aliphatic carbocycles. The molecule has 1 fully saturated rings. The van der Waals surface area contributed by atoms with E-state index in [9.17, 15) is 23.2 Å². The van der Waals surface area contributed by atoms with Gasteiger partial charge in [-0.3, -0.25) is 14.5 Å². The van der Waals surface area contributed by atoms with Gasteiger partial charge < -0.3 is 14.8 Å². The van der Waals surface area contributed by atoms with Crippen LogP contribution in [0.1, 0.15) is 22.8 Å². The second-order valence-corrected chi connectivity index (χ2v) is 7.71. The van der Waals surface area contributed by atoms with Gasteiger partial charge in [-0.2, -0.15) is 8.78 Å². The van der Waals surface area contributed by atoms with Crippen LogP contribution in [-0.2, 0) is 10.3 Å². The van der Waals surface area contributed by atoms with Gasteiger partial charge in [0.2, 0.25) is 0 Å². The van der Waals surface area contributed by atoms with Crippen molar-refractivity contribution < 1.29 is 32.6 Å². The van der Waals surface area contributed by atoms with Gasteiger partial charge in [0, 0.05) is 5.56 Å². The molecule has 0 spiro atoms. The van der Waals surface area contributed by atoms with Gasteiger partial charge in [-0.15, -0.1) is 0 Å². The van der Waals surface area contributed by atoms with Gasteiger partial charge in [0.1, 0.15) is 22.8 Å². The number of Topliss-reactive ketones (excluding diaryl/α,β-unsaturated/α-hetero) is 1. The number of rotatable bonds is 8. The fraction of sp³-hybridized carbons (Fsp3) is 0.160. The first-order chi connectivity index (χ1) is 16.3. The maximum absolute atomic E-state index is 13.0. The second-order valence-electron chi connectivity index (χ2n) is 7.71. The molecule has 174 valence electrons. The maximum Gasteiger partial charge on any atom is 0.387 e. The lowest BCUT2D eigenvalue weighted by Crippen LogP contribution is -2.41. The lowest BCUT2D eigenvalue weighted by molar-refractivity contribution is -0.130. The molecule has 0 bridgehead atoms. The van der Waals surface area contributed by atoms with Crippen LogP contribution in [0.5, 0.6) is 17.2 Å². The Morgan fingerprint density at radius 3 is 2.12 bits per heavy atom. The van der Waals surface area contributed by atoms with Crippen molar-refractivity contribution in [2.24, 2.45) is 0 Å². The zero-order valence-electron chi connectivity index (χ0n) is 18.0. The summed E-state index contributed by atoms with van der Waals surface area (Å²) in [5.74, 6) is 0.0431. The van der Waals surface area contributed by atoms with Gasteiger partial charge in [-0.05, 0) is 61.0 Å². The summed E-state index contributed by atoms with van der Waals surface area (Å²) in [6.45, 7) is -1.95. The molecule has 1 atom stereocenters. The maximum atomic E-state index is 13.0. The van der Waals surface area contributed by atoms with Gasteiger partial charge in [-0.25, -0.2) is 4.79 Å². The van der Waals surface area contributed by atoms with Crippen LogP contribution < -0.4 is 14.8 Å². The molecule has 0 radical (unpaired) electrons. The highest BCUT2D eigenvalue weighted by Crippen LogP contribution is 2.30. The predicted octanol–water partition coefficient (Wildman–Crippen LogP) is 4.73. The van der Waals surface area contributed by atoms with E-state index in [1.165, 1.54) is 31.2 Å². The second kappa shape index (κ2) is 9.30. The Kier molecular flexibility index (Phi) is 6.27. The smallest absolute Gasteiger partial charge is 0.387 e. The summed E-state index contributed by atoms with van der Waals surface area (Å²) in [6, 6.07) is 20.1. The van der Waals surface area contributed by atoms with Crippen LogP contribution in [0.4, 0.5) is 13.6 Å². The van der Waals surface area contributed by atoms with Crippen molar-refractivity contribution in [3.63, 3.8) is 0 Å². The van der Waals surface area contributed by atoms with E-state index < -0.39 is 36.4 Å². The third-order valence-electron chi connectivity index (χ3n) is 5.39. The van der Waals surface area contributed by atoms with E-state index >= 15 is 0 Å². The molecule has 1 saturated heterocycles. The number of carbonyl (C=O) groups excluding carboxylic acids is 3. The summed E-state index contributed by atoms with van der Waals surface area (Å²) in [5.41, 5.74) is -0.776. The summed E-state index contributed by atoms with van der Waals surface area (Å²) in [6.07, 6.45) is 0. The van der Waals surface area contributed by atoms with Crippen LogP contribution in [-0.4, -0.2) is 35.8 Å². The average molecular weight is 466 g/mol. The van der Waals surface area contributed by atoms with Crippen LogP contribution >= 0.6 is 0 Å². The SMILES string of the molecule is CC1(c2ccc(OC(F)F)cc2)NC(=O)N(CC(=O)c2ccc(Oc3ccccc3)cc2)C1=O. The van der Waals surface area contributed by atoms with Crippen molar-refractivity contribution in [2.75, 3.05) is 6.54 Å². The number of nitrogens with zero attached hydrogens (tertiary/aromatic N) is 1. The number of hydrogen-bond acceptors (Lipinski definition) is 5. The first-order valence-corrected chi connectivity index (χ1v) is 10.3. The highest BCUT2D eigenvalue weighted by atomic mass is 19.3. The van der Waals surface area contributed by atoms with Crippen LogP contribution in [0.3, 0.4) is 0 Å². The molecule has 34 heavy (non-hydrogen) atoms. The number of imide groups is 1. The Balaban J connectivity index is 1.44. The summed E-state index contributed by atoms with van der Waals surface area (Å²) >= 11 is 0. The molecule has 1 heterocycles. The molecular weight excluding hydrogens is 446 g/mol. The molecule has 1 aliphatic heterocycles. The Morgan fingerprint density at radius 1 is 0.912 bits per heavy atom. The molecule has 3 amide bonds. The van der Waals surface area contributed by atoms with Crippen LogP contribution in [0, 0.1) is 0 Å². The van der Waals surface area contributed by atoms with E-state index in [0.29, 0.717) is 22.6 Å². The number of amides is 3. The van der Waals surface area contributed by atoms with Crippen molar-refractivity contribution in [1.29, 1.82) is 0 Å². The normalized spacial score (nSPS) is 17.6. The zero-order chi connectivity index (χ0) is 24.3. The van der Waals surface area contributed by atoms with Gasteiger partial charge in [0.25, 0.3) is 5.91 Å². The van der Waals surface area contributed by atoms with E-state index in [4.69, 9.17) is 4.74 Å². The molecule has 3 aromatic rings. The minimum absolute atomic E-state index is 0.0779. The molecule has 4 rings (SSSR count). The molecule has 9 heteroatoms. The monoisotopic (exact) mass is 466 g/mol. The standard InChI is InChI=1S/C25H20F2N2O5/c1-25(17-9-13-20(14-10-17)34-23(26)27)22(31)29(24(32)28-25)15-21(30)16-7-11-19(12-8-16)33-18-5-3-2-4-6-18/h2-14,23H,15H2,1H3,(H,28,32). The third kappa shape index (κ3) is 4.73. The number of benzene rings is 3. The summed E-state index contributed by atoms with van der Waals surface area (Å²) in [5, 5.41) is 2.58. The minimum atomic E-state index is -2.98. The van der Waals surface area contributed by atoms with Crippen LogP contribution in [0.15, 0.2) is 78.9 Å².